The molecule has 0 bridgehead atoms. The molecule has 0 aromatic heterocycles. The van der Waals surface area contributed by atoms with Crippen molar-refractivity contribution in [3.8, 4) is 0 Å². The zero-order chi connectivity index (χ0) is 7.82. The van der Waals surface area contributed by atoms with Crippen molar-refractivity contribution in [1.82, 2.24) is 0 Å². The lowest BCUT2D eigenvalue weighted by molar-refractivity contribution is 0.810. The van der Waals surface area contributed by atoms with Crippen LogP contribution in [0.4, 0.5) is 0 Å². The van der Waals surface area contributed by atoms with Crippen LogP contribution in [0.25, 0.3) is 0 Å². The summed E-state index contributed by atoms with van der Waals surface area (Å²) in [6.45, 7) is 8.17. The van der Waals surface area contributed by atoms with Gasteiger partial charge in [-0.3, -0.25) is 0 Å². The Balaban J connectivity index is 3.25. The van der Waals surface area contributed by atoms with Crippen LogP contribution < -0.4 is 0 Å². The minimum atomic E-state index is 1.16. The lowest BCUT2D eigenvalue weighted by atomic mass is 10.2. The maximum atomic E-state index is 3.94. The zero-order valence-electron chi connectivity index (χ0n) is 6.89. The number of unbranched alkanes of at least 4 members (excludes halogenated alkanes) is 1. The molecule has 0 aromatic rings. The average molecular weight is 156 g/mol. The third-order valence-electron chi connectivity index (χ3n) is 1.18. The Labute approximate surface area is 68.4 Å². The maximum Gasteiger partial charge on any atom is -0.0180 e. The van der Waals surface area contributed by atoms with E-state index in [9.17, 15) is 0 Å². The predicted molar refractivity (Wildman–Crippen MR) is 51.1 cm³/mol. The second kappa shape index (κ2) is 6.94. The molecule has 0 aliphatic heterocycles. The van der Waals surface area contributed by atoms with Crippen LogP contribution in [0.15, 0.2) is 23.0 Å². The molecule has 0 nitrogen and oxygen atoms in total. The molecule has 0 aliphatic rings. The number of hydrogen-bond acceptors (Lipinski definition) is 1. The second-order valence-corrected chi connectivity index (χ2v) is 3.31. The highest BCUT2D eigenvalue weighted by atomic mass is 32.2. The van der Waals surface area contributed by atoms with Crippen LogP contribution in [0.5, 0.6) is 0 Å². The summed E-state index contributed by atoms with van der Waals surface area (Å²) >= 11 is 1.74. The van der Waals surface area contributed by atoms with Crippen molar-refractivity contribution in [3.05, 3.63) is 23.0 Å². The average Bonchev–Trinajstić information content (AvgIpc) is 1.97. The number of allylic oxidation sites excluding steroid dienone is 2. The number of rotatable bonds is 5. The molecule has 0 saturated carbocycles. The van der Waals surface area contributed by atoms with Gasteiger partial charge in [-0.25, -0.2) is 0 Å². The van der Waals surface area contributed by atoms with Crippen molar-refractivity contribution in [3.63, 3.8) is 0 Å². The molecule has 0 radical (unpaired) electrons. The molecule has 0 spiro atoms. The van der Waals surface area contributed by atoms with Crippen LogP contribution in [0.1, 0.15) is 33.1 Å². The van der Waals surface area contributed by atoms with E-state index in [2.05, 4.69) is 18.9 Å². The van der Waals surface area contributed by atoms with Gasteiger partial charge in [0.15, 0.2) is 0 Å². The molecule has 0 heterocycles. The van der Waals surface area contributed by atoms with E-state index in [0.717, 1.165) is 6.42 Å². The summed E-state index contributed by atoms with van der Waals surface area (Å²) in [5, 5.41) is 2.08. The van der Waals surface area contributed by atoms with Crippen molar-refractivity contribution in [1.29, 1.82) is 0 Å². The quantitative estimate of drug-likeness (QED) is 0.580. The summed E-state index contributed by atoms with van der Waals surface area (Å²) in [5.41, 5.74) is 0. The molecule has 0 aliphatic carbocycles. The molecule has 0 unspecified atom stereocenters. The molecule has 1 heteroatoms. The van der Waals surface area contributed by atoms with Crippen molar-refractivity contribution in [2.45, 2.75) is 33.1 Å². The first-order valence-corrected chi connectivity index (χ1v) is 4.64. The molecule has 0 fully saturated rings. The fourth-order valence-electron chi connectivity index (χ4n) is 0.597. The monoisotopic (exact) mass is 156 g/mol. The zero-order valence-corrected chi connectivity index (χ0v) is 7.71. The minimum Gasteiger partial charge on any atom is -0.103 e. The van der Waals surface area contributed by atoms with E-state index in [4.69, 9.17) is 0 Å². The van der Waals surface area contributed by atoms with E-state index in [-0.39, 0.29) is 0 Å². The summed E-state index contributed by atoms with van der Waals surface area (Å²) < 4.78 is 0. The normalized spacial score (nSPS) is 10.6. The van der Waals surface area contributed by atoms with Gasteiger partial charge in [-0.15, -0.1) is 11.8 Å². The summed E-state index contributed by atoms with van der Waals surface area (Å²) in [5.74, 6) is 0. The first-order chi connectivity index (χ1) is 4.81. The van der Waals surface area contributed by atoms with Crippen molar-refractivity contribution >= 4 is 11.8 Å². The highest BCUT2D eigenvalue weighted by molar-refractivity contribution is 8.05. The van der Waals surface area contributed by atoms with E-state index in [0.29, 0.717) is 0 Å². The van der Waals surface area contributed by atoms with Crippen LogP contribution in [0.3, 0.4) is 0 Å². The van der Waals surface area contributed by atoms with Crippen LogP contribution in [0.2, 0.25) is 0 Å². The molecule has 0 saturated heterocycles. The van der Waals surface area contributed by atoms with Gasteiger partial charge < -0.3 is 0 Å². The topological polar surface area (TPSA) is 0 Å². The van der Waals surface area contributed by atoms with Gasteiger partial charge in [0.1, 0.15) is 0 Å². The van der Waals surface area contributed by atoms with Crippen molar-refractivity contribution in [2.75, 3.05) is 0 Å². The van der Waals surface area contributed by atoms with Gasteiger partial charge in [0.2, 0.25) is 0 Å². The lowest BCUT2D eigenvalue weighted by Crippen LogP contribution is -1.72. The Morgan fingerprint density at radius 2 is 2.30 bits per heavy atom. The van der Waals surface area contributed by atoms with Crippen LogP contribution in [-0.2, 0) is 0 Å². The third-order valence-corrected chi connectivity index (χ3v) is 2.13. The molecule has 0 aromatic carbocycles. The molecule has 0 amide bonds. The molecule has 0 rings (SSSR count). The minimum absolute atomic E-state index is 1.16. The smallest absolute Gasteiger partial charge is 0.0180 e. The predicted octanol–water partition coefficient (Wildman–Crippen LogP) is 3.96. The Kier molecular flexibility index (Phi) is 6.83. The summed E-state index contributed by atoms with van der Waals surface area (Å²) in [6, 6.07) is 0. The summed E-state index contributed by atoms with van der Waals surface area (Å²) in [4.78, 5) is 1.28. The van der Waals surface area contributed by atoms with Crippen molar-refractivity contribution < 1.29 is 0 Å². The van der Waals surface area contributed by atoms with Crippen LogP contribution in [0, 0.1) is 0 Å². The molecule has 0 atom stereocenters. The van der Waals surface area contributed by atoms with Crippen LogP contribution >= 0.6 is 11.8 Å². The first-order valence-electron chi connectivity index (χ1n) is 3.76. The third kappa shape index (κ3) is 5.96. The van der Waals surface area contributed by atoms with Gasteiger partial charge >= 0.3 is 0 Å². The van der Waals surface area contributed by atoms with Crippen LogP contribution in [-0.4, -0.2) is 0 Å². The van der Waals surface area contributed by atoms with E-state index < -0.39 is 0 Å². The molecule has 0 N–H and O–H groups in total. The fraction of sp³-hybridized carbons (Fsp3) is 0.556. The van der Waals surface area contributed by atoms with Gasteiger partial charge in [-0.1, -0.05) is 26.0 Å². The van der Waals surface area contributed by atoms with Gasteiger partial charge in [-0.2, -0.15) is 0 Å². The molecular formula is C9H16S. The van der Waals surface area contributed by atoms with Crippen molar-refractivity contribution in [2.24, 2.45) is 0 Å². The van der Waals surface area contributed by atoms with E-state index in [1.807, 2.05) is 13.0 Å². The Morgan fingerprint density at radius 3 is 2.80 bits per heavy atom. The number of hydrogen-bond donors (Lipinski definition) is 0. The second-order valence-electron chi connectivity index (χ2n) is 2.23. The largest absolute Gasteiger partial charge is 0.103 e. The molecule has 58 valence electrons. The van der Waals surface area contributed by atoms with Gasteiger partial charge in [0, 0.05) is 0 Å². The lowest BCUT2D eigenvalue weighted by Gasteiger charge is -1.97. The Hall–Kier alpha value is -0.170. The van der Waals surface area contributed by atoms with E-state index >= 15 is 0 Å². The SMILES string of the molecule is C=C(CCCC)S/C=C\C. The summed E-state index contributed by atoms with van der Waals surface area (Å²) in [7, 11) is 0. The molecule has 10 heavy (non-hydrogen) atoms. The van der Waals surface area contributed by atoms with E-state index in [1.165, 1.54) is 17.7 Å². The first kappa shape index (κ1) is 9.83. The Bertz CT molecular complexity index is 114. The Morgan fingerprint density at radius 1 is 1.60 bits per heavy atom. The maximum absolute atomic E-state index is 3.94. The number of thioether (sulfide) groups is 1. The highest BCUT2D eigenvalue weighted by Crippen LogP contribution is 2.20. The summed E-state index contributed by atoms with van der Waals surface area (Å²) in [6.07, 6.45) is 5.73. The standard InChI is InChI=1S/C9H16S/c1-4-6-7-9(3)10-8-5-2/h5,8H,3-4,6-7H2,1-2H3/b8-5-. The highest BCUT2D eigenvalue weighted by Gasteiger charge is 1.89. The fourth-order valence-corrected chi connectivity index (χ4v) is 1.19. The van der Waals surface area contributed by atoms with E-state index in [1.54, 1.807) is 11.8 Å². The molecular weight excluding hydrogens is 140 g/mol. The van der Waals surface area contributed by atoms with Gasteiger partial charge in [0.25, 0.3) is 0 Å². The van der Waals surface area contributed by atoms with Gasteiger partial charge in [-0.05, 0) is 30.1 Å². The van der Waals surface area contributed by atoms with Gasteiger partial charge in [0.05, 0.1) is 0 Å².